The molecule has 192 valence electrons. The van der Waals surface area contributed by atoms with Crippen molar-refractivity contribution in [1.29, 1.82) is 0 Å². The number of hydrogen-bond acceptors (Lipinski definition) is 7. The van der Waals surface area contributed by atoms with Crippen molar-refractivity contribution in [2.45, 2.75) is 74.1 Å². The molecule has 2 aromatic rings. The number of nitrogens with one attached hydrogen (secondary N) is 1. The van der Waals surface area contributed by atoms with Gasteiger partial charge in [0.05, 0.1) is 35.6 Å². The predicted octanol–water partition coefficient (Wildman–Crippen LogP) is 7.14. The highest BCUT2D eigenvalue weighted by atomic mass is 32.2. The summed E-state index contributed by atoms with van der Waals surface area (Å²) in [6.45, 7) is 5.52. The molecule has 3 rings (SSSR count). The third-order valence-corrected chi connectivity index (χ3v) is 8.19. The summed E-state index contributed by atoms with van der Waals surface area (Å²) in [5.74, 6) is 0.714. The minimum Gasteiger partial charge on any atom is -0.497 e. The highest BCUT2D eigenvalue weighted by Crippen LogP contribution is 2.46. The Hall–Kier alpha value is -2.03. The smallest absolute Gasteiger partial charge is 0.306 e. The summed E-state index contributed by atoms with van der Waals surface area (Å²) in [7, 11) is 1.69. The number of ether oxygens (including phenoxy) is 2. The SMILES string of the molecule is CCCCC1(CCCC)CN(c2ccc(OC)cc2)c2cc(SC)c(OCCC(=O)O)cc2SN1. The number of unbranched alkanes of at least 4 members (excludes halogenated alkanes) is 2. The molecule has 6 nitrogen and oxygen atoms in total. The van der Waals surface area contributed by atoms with Crippen LogP contribution in [0.4, 0.5) is 11.4 Å². The Morgan fingerprint density at radius 3 is 2.43 bits per heavy atom. The normalized spacial score (nSPS) is 14.8. The second-order valence-corrected chi connectivity index (χ2v) is 10.6. The maximum absolute atomic E-state index is 11.0. The molecular weight excluding hydrogens is 480 g/mol. The Kier molecular flexibility index (Phi) is 10.5. The summed E-state index contributed by atoms with van der Waals surface area (Å²) in [4.78, 5) is 15.5. The van der Waals surface area contributed by atoms with Crippen molar-refractivity contribution >= 4 is 41.1 Å². The van der Waals surface area contributed by atoms with Crippen LogP contribution in [0.5, 0.6) is 11.5 Å². The topological polar surface area (TPSA) is 71.0 Å². The largest absolute Gasteiger partial charge is 0.497 e. The zero-order valence-corrected chi connectivity index (χ0v) is 22.9. The van der Waals surface area contributed by atoms with Crippen molar-refractivity contribution < 1.29 is 19.4 Å². The standard InChI is InChI=1S/C27H38N2O4S2/c1-5-7-14-27(15-8-6-2)19-29(20-9-11-21(32-3)12-10-20)22-17-25(34-4)23(18-24(22)35-28-27)33-16-13-26(30)31/h9-12,17-18,28H,5-8,13-16,19H2,1-4H3,(H,30,31). The van der Waals surface area contributed by atoms with Crippen LogP contribution in [0, 0.1) is 0 Å². The lowest BCUT2D eigenvalue weighted by molar-refractivity contribution is -0.137. The zero-order chi connectivity index (χ0) is 25.3. The molecule has 35 heavy (non-hydrogen) atoms. The second kappa shape index (κ2) is 13.3. The molecule has 0 saturated carbocycles. The first-order chi connectivity index (χ1) is 16.9. The predicted molar refractivity (Wildman–Crippen MR) is 147 cm³/mol. The van der Waals surface area contributed by atoms with E-state index in [4.69, 9.17) is 14.6 Å². The Labute approximate surface area is 218 Å². The highest BCUT2D eigenvalue weighted by Gasteiger charge is 2.36. The van der Waals surface area contributed by atoms with Gasteiger partial charge in [0.1, 0.15) is 11.5 Å². The van der Waals surface area contributed by atoms with Gasteiger partial charge in [-0.1, -0.05) is 39.5 Å². The molecular formula is C27H38N2O4S2. The van der Waals surface area contributed by atoms with Gasteiger partial charge in [-0.3, -0.25) is 9.52 Å². The summed E-state index contributed by atoms with van der Waals surface area (Å²) < 4.78 is 15.2. The molecule has 2 N–H and O–H groups in total. The van der Waals surface area contributed by atoms with Crippen LogP contribution in [-0.4, -0.2) is 43.1 Å². The maximum Gasteiger partial charge on any atom is 0.306 e. The number of benzene rings is 2. The Bertz CT molecular complexity index is 960. The average molecular weight is 519 g/mol. The summed E-state index contributed by atoms with van der Waals surface area (Å²) >= 11 is 3.29. The van der Waals surface area contributed by atoms with E-state index in [2.05, 4.69) is 47.7 Å². The second-order valence-electron chi connectivity index (χ2n) is 8.94. The number of fused-ring (bicyclic) bond motifs is 1. The van der Waals surface area contributed by atoms with Gasteiger partial charge in [0.15, 0.2) is 0 Å². The van der Waals surface area contributed by atoms with Crippen LogP contribution in [0.25, 0.3) is 0 Å². The van der Waals surface area contributed by atoms with Gasteiger partial charge in [0.25, 0.3) is 0 Å². The van der Waals surface area contributed by atoms with Crippen molar-refractivity contribution in [2.75, 3.05) is 31.4 Å². The number of nitrogens with zero attached hydrogens (tertiary/aromatic N) is 1. The first-order valence-corrected chi connectivity index (χ1v) is 14.4. The Morgan fingerprint density at radius 1 is 1.17 bits per heavy atom. The molecule has 1 aliphatic heterocycles. The first-order valence-electron chi connectivity index (χ1n) is 12.4. The monoisotopic (exact) mass is 518 g/mol. The lowest BCUT2D eigenvalue weighted by Crippen LogP contribution is -2.49. The van der Waals surface area contributed by atoms with E-state index in [9.17, 15) is 4.79 Å². The molecule has 0 aromatic heterocycles. The van der Waals surface area contributed by atoms with Crippen LogP contribution in [0.1, 0.15) is 58.8 Å². The number of rotatable bonds is 13. The summed E-state index contributed by atoms with van der Waals surface area (Å²) in [6.07, 6.45) is 8.88. The van der Waals surface area contributed by atoms with Crippen LogP contribution in [0.15, 0.2) is 46.2 Å². The fourth-order valence-electron chi connectivity index (χ4n) is 4.34. The molecule has 0 saturated heterocycles. The molecule has 0 aliphatic carbocycles. The number of carbonyl (C=O) groups is 1. The number of carboxylic acids is 1. The maximum atomic E-state index is 11.0. The van der Waals surface area contributed by atoms with E-state index in [1.54, 1.807) is 30.8 Å². The van der Waals surface area contributed by atoms with Crippen molar-refractivity contribution in [3.63, 3.8) is 0 Å². The molecule has 0 spiro atoms. The van der Waals surface area contributed by atoms with Crippen LogP contribution in [0.3, 0.4) is 0 Å². The number of methoxy groups -OCH3 is 1. The molecule has 0 radical (unpaired) electrons. The fourth-order valence-corrected chi connectivity index (χ4v) is 5.92. The lowest BCUT2D eigenvalue weighted by atomic mass is 9.87. The summed E-state index contributed by atoms with van der Waals surface area (Å²) in [6, 6.07) is 12.5. The van der Waals surface area contributed by atoms with E-state index < -0.39 is 5.97 Å². The van der Waals surface area contributed by atoms with Gasteiger partial charge in [-0.05, 0) is 67.4 Å². The van der Waals surface area contributed by atoms with Gasteiger partial charge in [-0.25, -0.2) is 0 Å². The molecule has 1 heterocycles. The molecule has 0 fully saturated rings. The van der Waals surface area contributed by atoms with Crippen LogP contribution < -0.4 is 19.1 Å². The number of aliphatic carboxylic acids is 1. The Balaban J connectivity index is 2.06. The molecule has 8 heteroatoms. The minimum atomic E-state index is -0.858. The van der Waals surface area contributed by atoms with E-state index in [1.165, 1.54) is 12.8 Å². The number of anilines is 2. The van der Waals surface area contributed by atoms with Gasteiger partial charge in [0, 0.05) is 17.8 Å². The molecule has 2 aromatic carbocycles. The van der Waals surface area contributed by atoms with Gasteiger partial charge in [-0.2, -0.15) is 0 Å². The summed E-state index contributed by atoms with van der Waals surface area (Å²) in [5.41, 5.74) is 2.23. The molecule has 0 atom stereocenters. The third kappa shape index (κ3) is 7.24. The molecule has 0 bridgehead atoms. The lowest BCUT2D eigenvalue weighted by Gasteiger charge is -2.38. The van der Waals surface area contributed by atoms with E-state index in [1.807, 2.05) is 18.4 Å². The first kappa shape index (κ1) is 27.6. The molecule has 0 amide bonds. The van der Waals surface area contributed by atoms with Crippen molar-refractivity contribution in [3.05, 3.63) is 36.4 Å². The van der Waals surface area contributed by atoms with Gasteiger partial charge in [-0.15, -0.1) is 11.8 Å². The van der Waals surface area contributed by atoms with E-state index in [-0.39, 0.29) is 18.6 Å². The van der Waals surface area contributed by atoms with Crippen LogP contribution in [0.2, 0.25) is 0 Å². The highest BCUT2D eigenvalue weighted by molar-refractivity contribution is 7.98. The van der Waals surface area contributed by atoms with Gasteiger partial charge in [0.2, 0.25) is 0 Å². The van der Waals surface area contributed by atoms with Crippen molar-refractivity contribution in [3.8, 4) is 11.5 Å². The number of hydrogen-bond donors (Lipinski definition) is 2. The van der Waals surface area contributed by atoms with Gasteiger partial charge < -0.3 is 19.5 Å². The minimum absolute atomic E-state index is 0.0224. The zero-order valence-electron chi connectivity index (χ0n) is 21.3. The van der Waals surface area contributed by atoms with E-state index in [0.29, 0.717) is 0 Å². The molecule has 0 unspecified atom stereocenters. The number of carboxylic acid groups (broad SMARTS) is 1. The van der Waals surface area contributed by atoms with E-state index in [0.717, 1.165) is 64.9 Å². The quantitative estimate of drug-likeness (QED) is 0.214. The fraction of sp³-hybridized carbons (Fsp3) is 0.519. The Morgan fingerprint density at radius 2 is 1.86 bits per heavy atom. The molecule has 1 aliphatic rings. The van der Waals surface area contributed by atoms with Gasteiger partial charge >= 0.3 is 5.97 Å². The average Bonchev–Trinajstić information content (AvgIpc) is 3.03. The summed E-state index contributed by atoms with van der Waals surface area (Å²) in [5, 5.41) is 9.03. The van der Waals surface area contributed by atoms with E-state index >= 15 is 0 Å². The van der Waals surface area contributed by atoms with Crippen LogP contribution >= 0.6 is 23.7 Å². The van der Waals surface area contributed by atoms with Crippen molar-refractivity contribution in [2.24, 2.45) is 0 Å². The van der Waals surface area contributed by atoms with Crippen LogP contribution in [-0.2, 0) is 4.79 Å². The van der Waals surface area contributed by atoms with Crippen molar-refractivity contribution in [1.82, 2.24) is 4.72 Å². The number of thioether (sulfide) groups is 1. The third-order valence-electron chi connectivity index (χ3n) is 6.35.